The molecule has 0 spiro atoms. The molecule has 8 nitrogen and oxygen atoms in total. The number of amides is 2. The highest BCUT2D eigenvalue weighted by atomic mass is 32.2. The van der Waals surface area contributed by atoms with Gasteiger partial charge in [0, 0.05) is 12.6 Å². The molecule has 0 unspecified atom stereocenters. The summed E-state index contributed by atoms with van der Waals surface area (Å²) in [5.74, 6) is -0.507. The summed E-state index contributed by atoms with van der Waals surface area (Å²) >= 11 is 0. The summed E-state index contributed by atoms with van der Waals surface area (Å²) in [7, 11) is -4.17. The molecule has 9 heteroatoms. The number of hydrogen-bond acceptors (Lipinski definition) is 5. The molecular formula is C30H37N3O5S. The molecule has 3 aromatic rings. The second-order valence-electron chi connectivity index (χ2n) is 9.57. The zero-order valence-corrected chi connectivity index (χ0v) is 23.9. The van der Waals surface area contributed by atoms with Crippen LogP contribution < -0.4 is 14.4 Å². The van der Waals surface area contributed by atoms with Gasteiger partial charge >= 0.3 is 0 Å². The van der Waals surface area contributed by atoms with E-state index in [4.69, 9.17) is 4.74 Å². The first-order valence-corrected chi connectivity index (χ1v) is 14.4. The molecule has 0 fully saturated rings. The first kappa shape index (κ1) is 29.7. The highest BCUT2D eigenvalue weighted by molar-refractivity contribution is 7.92. The molecule has 2 amide bonds. The zero-order chi connectivity index (χ0) is 28.6. The summed E-state index contributed by atoms with van der Waals surface area (Å²) in [5, 5.41) is 2.85. The van der Waals surface area contributed by atoms with Gasteiger partial charge in [-0.05, 0) is 64.4 Å². The molecule has 39 heavy (non-hydrogen) atoms. The Balaban J connectivity index is 2.07. The van der Waals surface area contributed by atoms with E-state index in [0.29, 0.717) is 12.4 Å². The molecular weight excluding hydrogens is 514 g/mol. The van der Waals surface area contributed by atoms with Crippen LogP contribution in [-0.2, 0) is 26.2 Å². The molecule has 0 aliphatic rings. The summed E-state index contributed by atoms with van der Waals surface area (Å²) in [5.41, 5.74) is 1.97. The molecule has 0 saturated heterocycles. The van der Waals surface area contributed by atoms with E-state index in [1.54, 1.807) is 50.2 Å². The van der Waals surface area contributed by atoms with Crippen molar-refractivity contribution in [3.05, 3.63) is 90.0 Å². The molecule has 3 aromatic carbocycles. The van der Waals surface area contributed by atoms with E-state index >= 15 is 0 Å². The van der Waals surface area contributed by atoms with Crippen molar-refractivity contribution in [1.29, 1.82) is 0 Å². The van der Waals surface area contributed by atoms with Crippen LogP contribution in [0, 0.1) is 6.92 Å². The number of sulfonamides is 1. The van der Waals surface area contributed by atoms with Crippen molar-refractivity contribution in [2.75, 3.05) is 17.5 Å². The van der Waals surface area contributed by atoms with Gasteiger partial charge in [0.05, 0.1) is 17.2 Å². The fraction of sp³-hybridized carbons (Fsp3) is 0.333. The third kappa shape index (κ3) is 7.60. The number of nitrogens with zero attached hydrogens (tertiary/aromatic N) is 2. The topological polar surface area (TPSA) is 96.0 Å². The molecule has 3 rings (SSSR count). The van der Waals surface area contributed by atoms with E-state index in [2.05, 4.69) is 5.32 Å². The standard InChI is InChI=1S/C30H37N3O5S/c1-6-38-28-15-11-10-14-27(28)33(39(36,37)26-18-16-23(4)17-19-26)21-29(34)32(20-25-12-8-7-9-13-25)24(5)30(35)31-22(2)3/h7-19,22,24H,6,20-21H2,1-5H3,(H,31,35)/t24-/m0/s1. The van der Waals surface area contributed by atoms with Gasteiger partial charge in [-0.3, -0.25) is 13.9 Å². The van der Waals surface area contributed by atoms with Crippen molar-refractivity contribution >= 4 is 27.5 Å². The second kappa shape index (κ2) is 13.3. The lowest BCUT2D eigenvalue weighted by atomic mass is 10.1. The SMILES string of the molecule is CCOc1ccccc1N(CC(=O)N(Cc1ccccc1)[C@@H](C)C(=O)NC(C)C)S(=O)(=O)c1ccc(C)cc1. The Morgan fingerprint density at radius 1 is 0.897 bits per heavy atom. The Morgan fingerprint density at radius 2 is 1.51 bits per heavy atom. The number of carbonyl (C=O) groups excluding carboxylic acids is 2. The van der Waals surface area contributed by atoms with Crippen LogP contribution in [0.4, 0.5) is 5.69 Å². The van der Waals surface area contributed by atoms with Gasteiger partial charge in [-0.2, -0.15) is 0 Å². The average Bonchev–Trinajstić information content (AvgIpc) is 2.91. The Morgan fingerprint density at radius 3 is 2.13 bits per heavy atom. The maximum Gasteiger partial charge on any atom is 0.264 e. The number of nitrogens with one attached hydrogen (secondary N) is 1. The number of ether oxygens (including phenoxy) is 1. The average molecular weight is 552 g/mol. The molecule has 208 valence electrons. The largest absolute Gasteiger partial charge is 0.492 e. The first-order chi connectivity index (χ1) is 18.5. The number of carbonyl (C=O) groups is 2. The van der Waals surface area contributed by atoms with Gasteiger partial charge < -0.3 is 15.0 Å². The fourth-order valence-electron chi connectivity index (χ4n) is 4.06. The van der Waals surface area contributed by atoms with Gasteiger partial charge in [0.25, 0.3) is 10.0 Å². The van der Waals surface area contributed by atoms with Gasteiger partial charge in [0.1, 0.15) is 18.3 Å². The van der Waals surface area contributed by atoms with E-state index in [9.17, 15) is 18.0 Å². The lowest BCUT2D eigenvalue weighted by Crippen LogP contribution is -2.52. The van der Waals surface area contributed by atoms with Gasteiger partial charge in [-0.1, -0.05) is 60.2 Å². The first-order valence-electron chi connectivity index (χ1n) is 13.0. The van der Waals surface area contributed by atoms with Crippen molar-refractivity contribution in [2.45, 2.75) is 58.1 Å². The van der Waals surface area contributed by atoms with E-state index in [1.807, 2.05) is 51.1 Å². The van der Waals surface area contributed by atoms with E-state index < -0.39 is 28.5 Å². The molecule has 0 aliphatic heterocycles. The van der Waals surface area contributed by atoms with E-state index in [1.165, 1.54) is 17.0 Å². The maximum absolute atomic E-state index is 14.0. The van der Waals surface area contributed by atoms with Gasteiger partial charge in [0.15, 0.2) is 0 Å². The Kier molecular flexibility index (Phi) is 10.1. The third-order valence-electron chi connectivity index (χ3n) is 6.12. The van der Waals surface area contributed by atoms with Crippen molar-refractivity contribution in [1.82, 2.24) is 10.2 Å². The quantitative estimate of drug-likeness (QED) is 0.357. The molecule has 0 aliphatic carbocycles. The number of rotatable bonds is 12. The second-order valence-corrected chi connectivity index (χ2v) is 11.4. The highest BCUT2D eigenvalue weighted by Gasteiger charge is 2.33. The van der Waals surface area contributed by atoms with Gasteiger partial charge in [0.2, 0.25) is 11.8 Å². The van der Waals surface area contributed by atoms with Crippen molar-refractivity contribution < 1.29 is 22.7 Å². The third-order valence-corrected chi connectivity index (χ3v) is 7.89. The van der Waals surface area contributed by atoms with Crippen LogP contribution in [0.25, 0.3) is 0 Å². The number of aryl methyl sites for hydroxylation is 1. The summed E-state index contributed by atoms with van der Waals surface area (Å²) in [6.07, 6.45) is 0. The smallest absolute Gasteiger partial charge is 0.264 e. The van der Waals surface area contributed by atoms with Crippen LogP contribution in [0.15, 0.2) is 83.8 Å². The number of anilines is 1. The number of benzene rings is 3. The molecule has 0 aromatic heterocycles. The maximum atomic E-state index is 14.0. The predicted molar refractivity (Wildman–Crippen MR) is 153 cm³/mol. The highest BCUT2D eigenvalue weighted by Crippen LogP contribution is 2.33. The molecule has 1 N–H and O–H groups in total. The molecule has 0 bridgehead atoms. The van der Waals surface area contributed by atoms with Gasteiger partial charge in [-0.15, -0.1) is 0 Å². The Bertz CT molecular complexity index is 1360. The monoisotopic (exact) mass is 551 g/mol. The fourth-order valence-corrected chi connectivity index (χ4v) is 5.48. The van der Waals surface area contributed by atoms with Crippen molar-refractivity contribution in [3.63, 3.8) is 0 Å². The summed E-state index contributed by atoms with van der Waals surface area (Å²) in [6, 6.07) is 21.5. The number of hydrogen-bond donors (Lipinski definition) is 1. The number of para-hydroxylation sites is 2. The van der Waals surface area contributed by atoms with Crippen LogP contribution in [-0.4, -0.2) is 50.4 Å². The minimum atomic E-state index is -4.17. The summed E-state index contributed by atoms with van der Waals surface area (Å²) < 4.78 is 34.8. The van der Waals surface area contributed by atoms with E-state index in [0.717, 1.165) is 15.4 Å². The lowest BCUT2D eigenvalue weighted by molar-refractivity contribution is -0.139. The van der Waals surface area contributed by atoms with Crippen LogP contribution in [0.5, 0.6) is 5.75 Å². The van der Waals surface area contributed by atoms with E-state index in [-0.39, 0.29) is 29.1 Å². The Hall–Kier alpha value is -3.85. The lowest BCUT2D eigenvalue weighted by Gasteiger charge is -2.32. The van der Waals surface area contributed by atoms with Crippen molar-refractivity contribution in [2.24, 2.45) is 0 Å². The molecule has 0 heterocycles. The minimum absolute atomic E-state index is 0.0485. The summed E-state index contributed by atoms with van der Waals surface area (Å²) in [6.45, 7) is 8.93. The Labute approximate surface area is 231 Å². The van der Waals surface area contributed by atoms with Crippen LogP contribution >= 0.6 is 0 Å². The van der Waals surface area contributed by atoms with Crippen LogP contribution in [0.1, 0.15) is 38.8 Å². The van der Waals surface area contributed by atoms with Crippen LogP contribution in [0.3, 0.4) is 0 Å². The predicted octanol–water partition coefficient (Wildman–Crippen LogP) is 4.53. The summed E-state index contributed by atoms with van der Waals surface area (Å²) in [4.78, 5) is 28.4. The van der Waals surface area contributed by atoms with Crippen molar-refractivity contribution in [3.8, 4) is 5.75 Å². The minimum Gasteiger partial charge on any atom is -0.492 e. The molecule has 1 atom stereocenters. The van der Waals surface area contributed by atoms with Gasteiger partial charge in [-0.25, -0.2) is 8.42 Å². The molecule has 0 saturated carbocycles. The zero-order valence-electron chi connectivity index (χ0n) is 23.1. The normalized spacial score (nSPS) is 12.1. The molecule has 0 radical (unpaired) electrons. The van der Waals surface area contributed by atoms with Crippen LogP contribution in [0.2, 0.25) is 0 Å².